The van der Waals surface area contributed by atoms with Gasteiger partial charge in [-0.3, -0.25) is 4.79 Å². The molecule has 0 aromatic rings. The minimum absolute atomic E-state index is 0.00518. The average Bonchev–Trinajstić information content (AvgIpc) is 2.57. The Morgan fingerprint density at radius 2 is 2.29 bits per heavy atom. The first-order chi connectivity index (χ1) is 6.79. The van der Waals surface area contributed by atoms with E-state index in [1.807, 2.05) is 6.92 Å². The molecule has 2 saturated carbocycles. The van der Waals surface area contributed by atoms with Crippen molar-refractivity contribution < 1.29 is 14.3 Å². The van der Waals surface area contributed by atoms with Crippen LogP contribution in [0.3, 0.4) is 0 Å². The maximum absolute atomic E-state index is 11.4. The molecule has 0 N–H and O–H groups in total. The number of hydrogen-bond acceptors (Lipinski definition) is 3. The maximum atomic E-state index is 11.4. The molecule has 4 bridgehead atoms. The van der Waals surface area contributed by atoms with Crippen LogP contribution in [0.1, 0.15) is 26.2 Å². The van der Waals surface area contributed by atoms with Gasteiger partial charge in [-0.15, -0.1) is 0 Å². The van der Waals surface area contributed by atoms with Gasteiger partial charge in [0, 0.05) is 13.0 Å². The second kappa shape index (κ2) is 2.96. The molecule has 0 spiro atoms. The van der Waals surface area contributed by atoms with E-state index in [9.17, 15) is 4.79 Å². The third-order valence-electron chi connectivity index (χ3n) is 4.05. The van der Waals surface area contributed by atoms with Crippen LogP contribution >= 0.6 is 0 Å². The Labute approximate surface area is 83.8 Å². The van der Waals surface area contributed by atoms with E-state index in [0.29, 0.717) is 24.2 Å². The summed E-state index contributed by atoms with van der Waals surface area (Å²) in [6.45, 7) is 2.74. The second-order valence-electron chi connectivity index (χ2n) is 4.73. The van der Waals surface area contributed by atoms with Crippen molar-refractivity contribution in [2.45, 2.75) is 38.4 Å². The summed E-state index contributed by atoms with van der Waals surface area (Å²) in [5, 5.41) is 0. The SMILES string of the molecule is CCOC1C2CC3CC2CC(=O)OC31. The van der Waals surface area contributed by atoms with Gasteiger partial charge < -0.3 is 9.47 Å². The van der Waals surface area contributed by atoms with Crippen LogP contribution in [0.2, 0.25) is 0 Å². The predicted octanol–water partition coefficient (Wildman–Crippen LogP) is 1.36. The van der Waals surface area contributed by atoms with Gasteiger partial charge in [-0.2, -0.15) is 0 Å². The fourth-order valence-corrected chi connectivity index (χ4v) is 3.61. The van der Waals surface area contributed by atoms with Gasteiger partial charge in [-0.25, -0.2) is 0 Å². The van der Waals surface area contributed by atoms with E-state index in [0.717, 1.165) is 6.61 Å². The topological polar surface area (TPSA) is 35.5 Å². The van der Waals surface area contributed by atoms with Crippen LogP contribution in [-0.4, -0.2) is 24.8 Å². The molecule has 0 aromatic heterocycles. The van der Waals surface area contributed by atoms with Crippen molar-refractivity contribution in [1.29, 1.82) is 0 Å². The van der Waals surface area contributed by atoms with E-state index in [1.165, 1.54) is 12.8 Å². The zero-order chi connectivity index (χ0) is 9.71. The zero-order valence-electron chi connectivity index (χ0n) is 8.44. The van der Waals surface area contributed by atoms with Gasteiger partial charge in [0.1, 0.15) is 6.10 Å². The van der Waals surface area contributed by atoms with Gasteiger partial charge in [0.15, 0.2) is 0 Å². The van der Waals surface area contributed by atoms with Gasteiger partial charge >= 0.3 is 5.97 Å². The highest BCUT2D eigenvalue weighted by Crippen LogP contribution is 2.54. The van der Waals surface area contributed by atoms with Crippen molar-refractivity contribution in [2.75, 3.05) is 6.61 Å². The number of carbonyl (C=O) groups is 1. The minimum atomic E-state index is -0.00518. The standard InChI is InChI=1S/C11H16O3/c1-2-13-11-8-4-7-3-6(8)5-9(12)14-10(7)11/h6-8,10-11H,2-5H2,1H3. The zero-order valence-corrected chi connectivity index (χ0v) is 8.44. The monoisotopic (exact) mass is 196 g/mol. The molecule has 0 aromatic carbocycles. The largest absolute Gasteiger partial charge is 0.459 e. The molecular weight excluding hydrogens is 180 g/mol. The van der Waals surface area contributed by atoms with Gasteiger partial charge in [0.2, 0.25) is 0 Å². The molecule has 4 rings (SSSR count). The first-order valence-corrected chi connectivity index (χ1v) is 5.60. The van der Waals surface area contributed by atoms with E-state index in [1.54, 1.807) is 0 Å². The van der Waals surface area contributed by atoms with Crippen molar-refractivity contribution in [1.82, 2.24) is 0 Å². The van der Waals surface area contributed by atoms with E-state index < -0.39 is 0 Å². The Morgan fingerprint density at radius 1 is 1.43 bits per heavy atom. The number of esters is 1. The van der Waals surface area contributed by atoms with Gasteiger partial charge in [0.05, 0.1) is 6.10 Å². The molecule has 3 heteroatoms. The smallest absolute Gasteiger partial charge is 0.306 e. The Morgan fingerprint density at radius 3 is 3.07 bits per heavy atom. The Kier molecular flexibility index (Phi) is 1.84. The van der Waals surface area contributed by atoms with Crippen LogP contribution in [0.5, 0.6) is 0 Å². The average molecular weight is 196 g/mol. The Balaban J connectivity index is 1.88. The molecule has 4 fully saturated rings. The minimum Gasteiger partial charge on any atom is -0.459 e. The summed E-state index contributed by atoms with van der Waals surface area (Å²) in [6.07, 6.45) is 3.31. The second-order valence-corrected chi connectivity index (χ2v) is 4.73. The number of fused-ring (bicyclic) bond motifs is 2. The third-order valence-corrected chi connectivity index (χ3v) is 4.05. The molecule has 2 aliphatic heterocycles. The highest BCUT2D eigenvalue weighted by Gasteiger charge is 2.57. The normalized spacial score (nSPS) is 49.5. The number of carbonyl (C=O) groups excluding carboxylic acids is 1. The fraction of sp³-hybridized carbons (Fsp3) is 0.909. The number of rotatable bonds is 2. The lowest BCUT2D eigenvalue weighted by molar-refractivity contribution is -0.155. The quantitative estimate of drug-likeness (QED) is 0.626. The molecule has 14 heavy (non-hydrogen) atoms. The van der Waals surface area contributed by atoms with Crippen molar-refractivity contribution in [2.24, 2.45) is 17.8 Å². The summed E-state index contributed by atoms with van der Waals surface area (Å²) in [6, 6.07) is 0. The molecule has 2 aliphatic carbocycles. The first kappa shape index (κ1) is 8.72. The van der Waals surface area contributed by atoms with Gasteiger partial charge in [-0.05, 0) is 37.5 Å². The fourth-order valence-electron chi connectivity index (χ4n) is 3.61. The van der Waals surface area contributed by atoms with Crippen LogP contribution in [0.25, 0.3) is 0 Å². The van der Waals surface area contributed by atoms with Crippen LogP contribution in [0.4, 0.5) is 0 Å². The molecule has 5 atom stereocenters. The molecule has 78 valence electrons. The van der Waals surface area contributed by atoms with Crippen molar-refractivity contribution in [3.05, 3.63) is 0 Å². The lowest BCUT2D eigenvalue weighted by Crippen LogP contribution is -2.37. The van der Waals surface area contributed by atoms with E-state index in [4.69, 9.17) is 9.47 Å². The molecule has 2 saturated heterocycles. The highest BCUT2D eigenvalue weighted by atomic mass is 16.6. The van der Waals surface area contributed by atoms with E-state index in [-0.39, 0.29) is 18.2 Å². The summed E-state index contributed by atoms with van der Waals surface area (Å²) < 4.78 is 11.2. The van der Waals surface area contributed by atoms with Crippen molar-refractivity contribution in [3.8, 4) is 0 Å². The number of ether oxygens (including phenoxy) is 2. The molecule has 5 unspecified atom stereocenters. The van der Waals surface area contributed by atoms with Gasteiger partial charge in [0.25, 0.3) is 0 Å². The molecular formula is C11H16O3. The van der Waals surface area contributed by atoms with Gasteiger partial charge in [-0.1, -0.05) is 0 Å². The summed E-state index contributed by atoms with van der Waals surface area (Å²) in [5.74, 6) is 1.72. The van der Waals surface area contributed by atoms with Crippen LogP contribution in [-0.2, 0) is 14.3 Å². The first-order valence-electron chi connectivity index (χ1n) is 5.60. The Bertz CT molecular complexity index is 263. The third kappa shape index (κ3) is 1.05. The Hall–Kier alpha value is -0.570. The maximum Gasteiger partial charge on any atom is 0.306 e. The summed E-state index contributed by atoms with van der Waals surface area (Å²) in [5.41, 5.74) is 0. The lowest BCUT2D eigenvalue weighted by Gasteiger charge is -2.29. The van der Waals surface area contributed by atoms with Crippen LogP contribution < -0.4 is 0 Å². The molecule has 2 heterocycles. The van der Waals surface area contributed by atoms with E-state index >= 15 is 0 Å². The predicted molar refractivity (Wildman–Crippen MR) is 49.6 cm³/mol. The molecule has 3 nitrogen and oxygen atoms in total. The molecule has 0 radical (unpaired) electrons. The van der Waals surface area contributed by atoms with Crippen LogP contribution in [0, 0.1) is 17.8 Å². The summed E-state index contributed by atoms with van der Waals surface area (Å²) in [4.78, 5) is 11.4. The molecule has 0 amide bonds. The van der Waals surface area contributed by atoms with Crippen molar-refractivity contribution in [3.63, 3.8) is 0 Å². The number of hydrogen-bond donors (Lipinski definition) is 0. The van der Waals surface area contributed by atoms with E-state index in [2.05, 4.69) is 0 Å². The molecule has 4 aliphatic rings. The summed E-state index contributed by atoms with van der Waals surface area (Å²) >= 11 is 0. The van der Waals surface area contributed by atoms with Crippen LogP contribution in [0.15, 0.2) is 0 Å². The van der Waals surface area contributed by atoms with Crippen molar-refractivity contribution >= 4 is 5.97 Å². The highest BCUT2D eigenvalue weighted by molar-refractivity contribution is 5.71. The lowest BCUT2D eigenvalue weighted by atomic mass is 9.84. The summed E-state index contributed by atoms with van der Waals surface area (Å²) in [7, 11) is 0.